The third-order valence-electron chi connectivity index (χ3n) is 6.05. The first-order valence-corrected chi connectivity index (χ1v) is 10.3. The van der Waals surface area contributed by atoms with Crippen LogP contribution >= 0.6 is 0 Å². The molecule has 2 fully saturated rings. The number of carbonyl (C=O) groups is 4. The smallest absolute Gasteiger partial charge is 0.354 e. The average molecular weight is 411 g/mol. The topological polar surface area (TPSA) is 87.2 Å². The SMILES string of the molecule is C=CCN1C(=O)c2ccccc2N2C(=O)CC[C@]12C(=O)OCC(=O)N1CCCCC1. The van der Waals surface area contributed by atoms with Gasteiger partial charge in [0.2, 0.25) is 11.6 Å². The van der Waals surface area contributed by atoms with E-state index in [1.165, 1.54) is 15.9 Å². The van der Waals surface area contributed by atoms with Gasteiger partial charge in [-0.3, -0.25) is 19.3 Å². The van der Waals surface area contributed by atoms with Crippen LogP contribution in [0.2, 0.25) is 0 Å². The second-order valence-corrected chi connectivity index (χ2v) is 7.78. The van der Waals surface area contributed by atoms with Crippen molar-refractivity contribution < 1.29 is 23.9 Å². The van der Waals surface area contributed by atoms with Crippen molar-refractivity contribution in [1.82, 2.24) is 9.80 Å². The fourth-order valence-corrected chi connectivity index (χ4v) is 4.61. The molecule has 3 amide bonds. The lowest BCUT2D eigenvalue weighted by Crippen LogP contribution is -2.68. The molecule has 3 aliphatic heterocycles. The second kappa shape index (κ2) is 7.93. The molecule has 8 nitrogen and oxygen atoms in total. The first kappa shape index (κ1) is 20.1. The van der Waals surface area contributed by atoms with Crippen molar-refractivity contribution in [1.29, 1.82) is 0 Å². The maximum absolute atomic E-state index is 13.4. The molecular weight excluding hydrogens is 386 g/mol. The normalized spacial score (nSPS) is 23.1. The van der Waals surface area contributed by atoms with Gasteiger partial charge in [0.25, 0.3) is 11.8 Å². The van der Waals surface area contributed by atoms with Crippen molar-refractivity contribution in [2.24, 2.45) is 0 Å². The zero-order chi connectivity index (χ0) is 21.3. The number of anilines is 1. The molecule has 0 aromatic heterocycles. The standard InChI is InChI=1S/C22H25N3O5/c1-2-12-24-20(28)16-8-4-5-9-17(16)25-18(26)10-11-22(24,25)21(29)30-15-19(27)23-13-6-3-7-14-23/h2,4-5,8-9H,1,3,6-7,10-15H2/t22-/m0/s1. The fourth-order valence-electron chi connectivity index (χ4n) is 4.61. The van der Waals surface area contributed by atoms with Gasteiger partial charge in [0.15, 0.2) is 6.61 Å². The van der Waals surface area contributed by atoms with Gasteiger partial charge >= 0.3 is 5.97 Å². The zero-order valence-corrected chi connectivity index (χ0v) is 16.8. The summed E-state index contributed by atoms with van der Waals surface area (Å²) in [4.78, 5) is 56.2. The number of piperidine rings is 1. The second-order valence-electron chi connectivity index (χ2n) is 7.78. The van der Waals surface area contributed by atoms with Crippen molar-refractivity contribution >= 4 is 29.4 Å². The highest BCUT2D eigenvalue weighted by Gasteiger charge is 2.61. The number of amides is 3. The molecule has 1 aromatic rings. The Morgan fingerprint density at radius 3 is 2.60 bits per heavy atom. The van der Waals surface area contributed by atoms with E-state index >= 15 is 0 Å². The lowest BCUT2D eigenvalue weighted by Gasteiger charge is -2.48. The van der Waals surface area contributed by atoms with Gasteiger partial charge in [-0.2, -0.15) is 0 Å². The number of hydrogen-bond acceptors (Lipinski definition) is 5. The Kier molecular flexibility index (Phi) is 5.32. The lowest BCUT2D eigenvalue weighted by atomic mass is 9.96. The molecule has 158 valence electrons. The highest BCUT2D eigenvalue weighted by Crippen LogP contribution is 2.45. The molecule has 1 aromatic carbocycles. The summed E-state index contributed by atoms with van der Waals surface area (Å²) < 4.78 is 5.44. The maximum atomic E-state index is 13.4. The van der Waals surface area contributed by atoms with Crippen molar-refractivity contribution in [2.75, 3.05) is 31.1 Å². The van der Waals surface area contributed by atoms with E-state index in [0.717, 1.165) is 19.3 Å². The molecule has 0 unspecified atom stereocenters. The Morgan fingerprint density at radius 2 is 1.87 bits per heavy atom. The molecule has 8 heteroatoms. The van der Waals surface area contributed by atoms with Crippen LogP contribution in [0.25, 0.3) is 0 Å². The van der Waals surface area contributed by atoms with Gasteiger partial charge < -0.3 is 14.5 Å². The molecule has 3 heterocycles. The van der Waals surface area contributed by atoms with Gasteiger partial charge in [0, 0.05) is 32.5 Å². The number of rotatable bonds is 5. The number of fused-ring (bicyclic) bond motifs is 3. The minimum absolute atomic E-state index is 0.0755. The monoisotopic (exact) mass is 411 g/mol. The Bertz CT molecular complexity index is 908. The average Bonchev–Trinajstić information content (AvgIpc) is 3.13. The Hall–Kier alpha value is -3.16. The van der Waals surface area contributed by atoms with Crippen LogP contribution in [0, 0.1) is 0 Å². The molecule has 4 rings (SSSR count). The van der Waals surface area contributed by atoms with Crippen LogP contribution in [0.15, 0.2) is 36.9 Å². The van der Waals surface area contributed by atoms with Gasteiger partial charge in [-0.1, -0.05) is 18.2 Å². The summed E-state index contributed by atoms with van der Waals surface area (Å²) in [5, 5.41) is 0. The van der Waals surface area contributed by atoms with E-state index in [4.69, 9.17) is 4.74 Å². The van der Waals surface area contributed by atoms with Crippen LogP contribution in [-0.2, 0) is 19.1 Å². The molecule has 0 spiro atoms. The zero-order valence-electron chi connectivity index (χ0n) is 16.8. The summed E-state index contributed by atoms with van der Waals surface area (Å²) in [7, 11) is 0. The van der Waals surface area contributed by atoms with Crippen LogP contribution in [0.4, 0.5) is 5.69 Å². The van der Waals surface area contributed by atoms with Crippen molar-refractivity contribution in [3.8, 4) is 0 Å². The van der Waals surface area contributed by atoms with E-state index < -0.39 is 18.2 Å². The van der Waals surface area contributed by atoms with Crippen LogP contribution < -0.4 is 4.90 Å². The molecule has 0 radical (unpaired) electrons. The molecule has 3 aliphatic rings. The van der Waals surface area contributed by atoms with Gasteiger partial charge in [-0.25, -0.2) is 4.79 Å². The molecular formula is C22H25N3O5. The van der Waals surface area contributed by atoms with Crippen molar-refractivity contribution in [2.45, 2.75) is 37.8 Å². The number of esters is 1. The molecule has 0 N–H and O–H groups in total. The predicted molar refractivity (Wildman–Crippen MR) is 109 cm³/mol. The summed E-state index contributed by atoms with van der Waals surface area (Å²) in [5.74, 6) is -1.64. The number of carbonyl (C=O) groups excluding carboxylic acids is 4. The van der Waals surface area contributed by atoms with Crippen LogP contribution in [-0.4, -0.2) is 65.4 Å². The first-order valence-electron chi connectivity index (χ1n) is 10.3. The third kappa shape index (κ3) is 3.07. The van der Waals surface area contributed by atoms with Gasteiger partial charge in [-0.05, 0) is 31.4 Å². The number of ether oxygens (including phenoxy) is 1. The van der Waals surface area contributed by atoms with Crippen LogP contribution in [0.3, 0.4) is 0 Å². The highest BCUT2D eigenvalue weighted by atomic mass is 16.5. The Labute approximate surface area is 175 Å². The molecule has 30 heavy (non-hydrogen) atoms. The third-order valence-corrected chi connectivity index (χ3v) is 6.05. The van der Waals surface area contributed by atoms with Crippen LogP contribution in [0.1, 0.15) is 42.5 Å². The lowest BCUT2D eigenvalue weighted by molar-refractivity contribution is -0.162. The van der Waals surface area contributed by atoms with E-state index in [1.54, 1.807) is 29.2 Å². The van der Waals surface area contributed by atoms with Crippen molar-refractivity contribution in [3.05, 3.63) is 42.5 Å². The summed E-state index contributed by atoms with van der Waals surface area (Å²) in [6, 6.07) is 6.72. The predicted octanol–water partition coefficient (Wildman–Crippen LogP) is 1.71. The number of benzene rings is 1. The molecule has 0 aliphatic carbocycles. The Balaban J connectivity index is 1.65. The van der Waals surface area contributed by atoms with Crippen molar-refractivity contribution in [3.63, 3.8) is 0 Å². The summed E-state index contributed by atoms with van der Waals surface area (Å²) in [6.45, 7) is 4.67. The van der Waals surface area contributed by atoms with Gasteiger partial charge in [-0.15, -0.1) is 6.58 Å². The summed E-state index contributed by atoms with van der Waals surface area (Å²) in [5.41, 5.74) is -0.856. The minimum Gasteiger partial charge on any atom is -0.452 e. The molecule has 1 atom stereocenters. The minimum atomic E-state index is -1.60. The fraction of sp³-hybridized carbons (Fsp3) is 0.455. The quantitative estimate of drug-likeness (QED) is 0.544. The number of para-hydroxylation sites is 1. The number of hydrogen-bond donors (Lipinski definition) is 0. The van der Waals surface area contributed by atoms with Gasteiger partial charge in [0.05, 0.1) is 11.3 Å². The van der Waals surface area contributed by atoms with Crippen LogP contribution in [0.5, 0.6) is 0 Å². The maximum Gasteiger partial charge on any atom is 0.354 e. The van der Waals surface area contributed by atoms with E-state index in [-0.39, 0.29) is 37.1 Å². The van der Waals surface area contributed by atoms with Gasteiger partial charge in [0.1, 0.15) is 0 Å². The first-order chi connectivity index (χ1) is 14.5. The number of likely N-dealkylation sites (tertiary alicyclic amines) is 1. The number of nitrogens with zero attached hydrogens (tertiary/aromatic N) is 3. The summed E-state index contributed by atoms with van der Waals surface area (Å²) in [6.07, 6.45) is 4.68. The largest absolute Gasteiger partial charge is 0.452 e. The van der Waals surface area contributed by atoms with E-state index in [9.17, 15) is 19.2 Å². The highest BCUT2D eigenvalue weighted by molar-refractivity contribution is 6.15. The van der Waals surface area contributed by atoms with E-state index in [0.29, 0.717) is 24.3 Å². The van der Waals surface area contributed by atoms with E-state index in [1.807, 2.05) is 0 Å². The molecule has 0 saturated carbocycles. The molecule has 2 saturated heterocycles. The molecule has 0 bridgehead atoms. The summed E-state index contributed by atoms with van der Waals surface area (Å²) >= 11 is 0. The Morgan fingerprint density at radius 1 is 1.13 bits per heavy atom. The van der Waals surface area contributed by atoms with E-state index in [2.05, 4.69) is 6.58 Å².